The van der Waals surface area contributed by atoms with Gasteiger partial charge in [0.05, 0.1) is 22.4 Å². The summed E-state index contributed by atoms with van der Waals surface area (Å²) in [6.07, 6.45) is 4.03. The normalized spacial score (nSPS) is 11.2. The van der Waals surface area contributed by atoms with Crippen LogP contribution in [0.3, 0.4) is 0 Å². The van der Waals surface area contributed by atoms with Crippen molar-refractivity contribution in [2.24, 2.45) is 0 Å². The lowest BCUT2D eigenvalue weighted by atomic mass is 10.2. The fourth-order valence-corrected chi connectivity index (χ4v) is 3.36. The van der Waals surface area contributed by atoms with Gasteiger partial charge in [-0.05, 0) is 43.7 Å². The molecule has 0 fully saturated rings. The summed E-state index contributed by atoms with van der Waals surface area (Å²) in [6, 6.07) is 8.02. The molecule has 4 rings (SSSR count). The Morgan fingerprint density at radius 1 is 1.10 bits per heavy atom. The van der Waals surface area contributed by atoms with E-state index in [1.165, 1.54) is 6.07 Å². The van der Waals surface area contributed by atoms with Crippen molar-refractivity contribution in [2.45, 2.75) is 26.8 Å². The monoisotopic (exact) mass is 413 g/mol. The van der Waals surface area contributed by atoms with Crippen LogP contribution in [-0.2, 0) is 6.54 Å². The van der Waals surface area contributed by atoms with Gasteiger partial charge in [0.1, 0.15) is 17.2 Å². The third kappa shape index (κ3) is 3.65. The molecule has 0 aliphatic heterocycles. The van der Waals surface area contributed by atoms with Crippen LogP contribution in [0.5, 0.6) is 0 Å². The molecule has 0 spiro atoms. The Labute approximate surface area is 171 Å². The zero-order chi connectivity index (χ0) is 20.5. The lowest BCUT2D eigenvalue weighted by molar-refractivity contribution is 0.511. The van der Waals surface area contributed by atoms with E-state index in [1.54, 1.807) is 23.0 Å². The highest BCUT2D eigenvalue weighted by atomic mass is 35.5. The number of aryl methyl sites for hydroxylation is 2. The lowest BCUT2D eigenvalue weighted by Crippen LogP contribution is -2.03. The van der Waals surface area contributed by atoms with Crippen LogP contribution in [0.1, 0.15) is 19.0 Å². The van der Waals surface area contributed by atoms with E-state index in [0.717, 1.165) is 23.9 Å². The number of halogens is 3. The number of hydrogen-bond donors (Lipinski definition) is 1. The maximum absolute atomic E-state index is 14.4. The molecule has 0 aliphatic carbocycles. The Bertz CT molecular complexity index is 1190. The summed E-state index contributed by atoms with van der Waals surface area (Å²) in [6.45, 7) is 4.35. The first-order valence-corrected chi connectivity index (χ1v) is 9.55. The molecular formula is C21H18ClF2N5. The summed E-state index contributed by atoms with van der Waals surface area (Å²) >= 11 is 6.43. The van der Waals surface area contributed by atoms with Crippen LogP contribution in [-0.4, -0.2) is 19.5 Å². The first-order valence-electron chi connectivity index (χ1n) is 9.17. The number of anilines is 2. The maximum Gasteiger partial charge on any atom is 0.184 e. The maximum atomic E-state index is 14.4. The second kappa shape index (κ2) is 7.75. The Morgan fingerprint density at radius 2 is 1.93 bits per heavy atom. The van der Waals surface area contributed by atoms with Crippen LogP contribution in [0, 0.1) is 18.6 Å². The highest BCUT2D eigenvalue weighted by Crippen LogP contribution is 2.31. The van der Waals surface area contributed by atoms with Crippen molar-refractivity contribution in [1.82, 2.24) is 19.5 Å². The zero-order valence-electron chi connectivity index (χ0n) is 15.9. The lowest BCUT2D eigenvalue weighted by Gasteiger charge is -2.11. The van der Waals surface area contributed by atoms with Gasteiger partial charge in [0, 0.05) is 24.0 Å². The van der Waals surface area contributed by atoms with Crippen molar-refractivity contribution in [1.29, 1.82) is 0 Å². The molecule has 29 heavy (non-hydrogen) atoms. The Morgan fingerprint density at radius 3 is 2.62 bits per heavy atom. The van der Waals surface area contributed by atoms with Gasteiger partial charge >= 0.3 is 0 Å². The van der Waals surface area contributed by atoms with E-state index in [4.69, 9.17) is 11.6 Å². The van der Waals surface area contributed by atoms with Crippen molar-refractivity contribution in [3.05, 3.63) is 65.1 Å². The summed E-state index contributed by atoms with van der Waals surface area (Å²) in [5, 5.41) is 3.50. The van der Waals surface area contributed by atoms with Crippen molar-refractivity contribution >= 4 is 34.1 Å². The smallest absolute Gasteiger partial charge is 0.184 e. The Kier molecular flexibility index (Phi) is 5.15. The first kappa shape index (κ1) is 19.3. The standard InChI is InChI=1S/C21H18ClF2N5/c1-3-8-29-19-17(7-6-16(23)18(19)24)28-21(29)13-9-15(22)20(26-10-13)27-14-5-4-12(2)25-11-14/h4-7,9-11H,3,8H2,1-2H3,(H,26,27). The number of pyridine rings is 2. The number of aromatic nitrogens is 4. The van der Waals surface area contributed by atoms with Crippen LogP contribution in [0.2, 0.25) is 5.02 Å². The second-order valence-corrected chi connectivity index (χ2v) is 7.09. The predicted octanol–water partition coefficient (Wildman–Crippen LogP) is 5.89. The molecule has 0 unspecified atom stereocenters. The quantitative estimate of drug-likeness (QED) is 0.443. The minimum Gasteiger partial charge on any atom is -0.338 e. The molecule has 0 bridgehead atoms. The number of nitrogens with one attached hydrogen (secondary N) is 1. The van der Waals surface area contributed by atoms with E-state index in [0.29, 0.717) is 34.3 Å². The number of imidazole rings is 1. The third-order valence-electron chi connectivity index (χ3n) is 4.52. The fourth-order valence-electron chi connectivity index (χ4n) is 3.15. The van der Waals surface area contributed by atoms with Gasteiger partial charge in [-0.2, -0.15) is 0 Å². The molecule has 5 nitrogen and oxygen atoms in total. The highest BCUT2D eigenvalue weighted by molar-refractivity contribution is 6.33. The van der Waals surface area contributed by atoms with Crippen LogP contribution < -0.4 is 5.32 Å². The average molecular weight is 414 g/mol. The van der Waals surface area contributed by atoms with Gasteiger partial charge in [-0.15, -0.1) is 0 Å². The van der Waals surface area contributed by atoms with Gasteiger partial charge in [-0.25, -0.2) is 18.7 Å². The molecule has 1 N–H and O–H groups in total. The van der Waals surface area contributed by atoms with Gasteiger partial charge in [0.25, 0.3) is 0 Å². The van der Waals surface area contributed by atoms with Crippen molar-refractivity contribution in [3.63, 3.8) is 0 Å². The van der Waals surface area contributed by atoms with E-state index in [2.05, 4.69) is 20.3 Å². The summed E-state index contributed by atoms with van der Waals surface area (Å²) < 4.78 is 29.9. The molecular weight excluding hydrogens is 396 g/mol. The predicted molar refractivity (Wildman–Crippen MR) is 110 cm³/mol. The van der Waals surface area contributed by atoms with Gasteiger partial charge < -0.3 is 9.88 Å². The minimum atomic E-state index is -0.904. The largest absolute Gasteiger partial charge is 0.338 e. The van der Waals surface area contributed by atoms with Gasteiger partial charge in [0.2, 0.25) is 0 Å². The van der Waals surface area contributed by atoms with Gasteiger partial charge in [-0.3, -0.25) is 4.98 Å². The van der Waals surface area contributed by atoms with Crippen LogP contribution in [0.4, 0.5) is 20.3 Å². The fraction of sp³-hybridized carbons (Fsp3) is 0.190. The molecule has 0 saturated heterocycles. The van der Waals surface area contributed by atoms with Gasteiger partial charge in [-0.1, -0.05) is 18.5 Å². The summed E-state index contributed by atoms with van der Waals surface area (Å²) in [4.78, 5) is 13.1. The van der Waals surface area contributed by atoms with E-state index in [-0.39, 0.29) is 5.52 Å². The molecule has 0 aliphatic rings. The number of rotatable bonds is 5. The topological polar surface area (TPSA) is 55.6 Å². The second-order valence-electron chi connectivity index (χ2n) is 6.68. The van der Waals surface area contributed by atoms with Crippen LogP contribution in [0.15, 0.2) is 42.7 Å². The number of nitrogens with zero attached hydrogens (tertiary/aromatic N) is 4. The Balaban J connectivity index is 1.76. The summed E-state index contributed by atoms with van der Waals surface area (Å²) in [5.74, 6) is -0.844. The van der Waals surface area contributed by atoms with Crippen molar-refractivity contribution in [2.75, 3.05) is 5.32 Å². The number of fused-ring (bicyclic) bond motifs is 1. The number of benzene rings is 1. The first-order chi connectivity index (χ1) is 14.0. The molecule has 8 heteroatoms. The Hall–Kier alpha value is -3.06. The van der Waals surface area contributed by atoms with Crippen molar-refractivity contribution in [3.8, 4) is 11.4 Å². The van der Waals surface area contributed by atoms with Crippen molar-refractivity contribution < 1.29 is 8.78 Å². The molecule has 0 saturated carbocycles. The molecule has 0 radical (unpaired) electrons. The molecule has 148 valence electrons. The highest BCUT2D eigenvalue weighted by Gasteiger charge is 2.19. The van der Waals surface area contributed by atoms with Gasteiger partial charge in [0.15, 0.2) is 11.6 Å². The molecule has 1 aromatic carbocycles. The summed E-state index contributed by atoms with van der Waals surface area (Å²) in [5.41, 5.74) is 2.81. The SMILES string of the molecule is CCCn1c(-c2cnc(Nc3ccc(C)nc3)c(Cl)c2)nc2ccc(F)c(F)c21. The number of hydrogen-bond acceptors (Lipinski definition) is 4. The summed E-state index contributed by atoms with van der Waals surface area (Å²) in [7, 11) is 0. The minimum absolute atomic E-state index is 0.144. The molecule has 0 atom stereocenters. The van der Waals surface area contributed by atoms with Crippen LogP contribution >= 0.6 is 11.6 Å². The van der Waals surface area contributed by atoms with E-state index in [1.807, 2.05) is 26.0 Å². The molecule has 0 amide bonds. The third-order valence-corrected chi connectivity index (χ3v) is 4.81. The van der Waals surface area contributed by atoms with Crippen LogP contribution in [0.25, 0.3) is 22.4 Å². The zero-order valence-corrected chi connectivity index (χ0v) is 16.6. The molecule has 3 heterocycles. The molecule has 4 aromatic rings. The molecule has 3 aromatic heterocycles. The van der Waals surface area contributed by atoms with E-state index < -0.39 is 11.6 Å². The van der Waals surface area contributed by atoms with E-state index in [9.17, 15) is 8.78 Å². The average Bonchev–Trinajstić information content (AvgIpc) is 3.07. The van der Waals surface area contributed by atoms with E-state index >= 15 is 0 Å².